The molecule has 0 saturated carbocycles. The van der Waals surface area contributed by atoms with Gasteiger partial charge in [-0.2, -0.15) is 0 Å². The van der Waals surface area contributed by atoms with Gasteiger partial charge in [0.2, 0.25) is 0 Å². The Morgan fingerprint density at radius 1 is 1.22 bits per heavy atom. The van der Waals surface area contributed by atoms with Crippen LogP contribution in [0.25, 0.3) is 10.2 Å². The van der Waals surface area contributed by atoms with Crippen molar-refractivity contribution >= 4 is 49.1 Å². The van der Waals surface area contributed by atoms with Crippen LogP contribution in [0.5, 0.6) is 0 Å². The van der Waals surface area contributed by atoms with Gasteiger partial charge in [0, 0.05) is 24.0 Å². The maximum Gasteiger partial charge on any atom is 0.309 e. The van der Waals surface area contributed by atoms with E-state index in [1.807, 2.05) is 0 Å². The molecule has 0 bridgehead atoms. The second-order valence-corrected chi connectivity index (χ2v) is 12.0. The van der Waals surface area contributed by atoms with Crippen molar-refractivity contribution in [3.63, 3.8) is 0 Å². The van der Waals surface area contributed by atoms with E-state index in [0.29, 0.717) is 32.4 Å². The number of ether oxygens (including phenoxy) is 1. The summed E-state index contributed by atoms with van der Waals surface area (Å²) in [5.41, 5.74) is 1.19. The Hall–Kier alpha value is -2.27. The van der Waals surface area contributed by atoms with Gasteiger partial charge in [-0.25, -0.2) is 18.4 Å². The number of carbonyl (C=O) groups excluding carboxylic acids is 2. The molecule has 1 N–H and O–H groups in total. The van der Waals surface area contributed by atoms with E-state index in [1.165, 1.54) is 17.4 Å². The Balaban J connectivity index is 1.31. The Morgan fingerprint density at radius 2 is 1.94 bits per heavy atom. The summed E-state index contributed by atoms with van der Waals surface area (Å²) in [5, 5.41) is 3.76. The molecule has 4 heterocycles. The first-order chi connectivity index (χ1) is 15.1. The first-order valence-electron chi connectivity index (χ1n) is 10.8. The summed E-state index contributed by atoms with van der Waals surface area (Å²) in [6.07, 6.45) is 2.25. The van der Waals surface area contributed by atoms with Crippen molar-refractivity contribution in [3.05, 3.63) is 16.8 Å². The maximum absolute atomic E-state index is 12.6. The molecule has 2 fully saturated rings. The number of esters is 1. The number of anilines is 1. The summed E-state index contributed by atoms with van der Waals surface area (Å²) in [5.74, 6) is -0.198. The minimum Gasteiger partial charge on any atom is -0.452 e. The molecule has 32 heavy (non-hydrogen) atoms. The monoisotopic (exact) mass is 480 g/mol. The number of sulfone groups is 1. The lowest BCUT2D eigenvalue weighted by Gasteiger charge is -2.32. The van der Waals surface area contributed by atoms with E-state index in [4.69, 9.17) is 4.74 Å². The van der Waals surface area contributed by atoms with Gasteiger partial charge >= 0.3 is 5.97 Å². The highest BCUT2D eigenvalue weighted by atomic mass is 32.2. The van der Waals surface area contributed by atoms with Crippen LogP contribution in [0, 0.1) is 19.8 Å². The number of hydrogen-bond acceptors (Lipinski definition) is 9. The summed E-state index contributed by atoms with van der Waals surface area (Å²) in [6.45, 7) is 7.02. The molecule has 2 aliphatic heterocycles. The number of nitrogens with zero attached hydrogens (tertiary/aromatic N) is 3. The molecule has 1 amide bonds. The predicted molar refractivity (Wildman–Crippen MR) is 123 cm³/mol. The Labute approximate surface area is 191 Å². The van der Waals surface area contributed by atoms with Gasteiger partial charge in [0.15, 0.2) is 15.9 Å². The van der Waals surface area contributed by atoms with Gasteiger partial charge < -0.3 is 15.0 Å². The van der Waals surface area contributed by atoms with E-state index in [9.17, 15) is 18.0 Å². The van der Waals surface area contributed by atoms with E-state index >= 15 is 0 Å². The second-order valence-electron chi connectivity index (χ2n) is 8.61. The number of thiophene rings is 1. The van der Waals surface area contributed by atoms with Crippen LogP contribution in [-0.2, 0) is 24.2 Å². The first-order valence-corrected chi connectivity index (χ1v) is 13.5. The minimum absolute atomic E-state index is 0.0582. The molecule has 0 aromatic carbocycles. The van der Waals surface area contributed by atoms with Crippen LogP contribution in [0.15, 0.2) is 6.33 Å². The summed E-state index contributed by atoms with van der Waals surface area (Å²) in [7, 11) is -3.09. The van der Waals surface area contributed by atoms with Gasteiger partial charge in [-0.15, -0.1) is 11.3 Å². The predicted octanol–water partition coefficient (Wildman–Crippen LogP) is 1.76. The van der Waals surface area contributed by atoms with E-state index in [1.54, 1.807) is 17.7 Å². The molecule has 0 unspecified atom stereocenters. The van der Waals surface area contributed by atoms with Gasteiger partial charge in [0.25, 0.3) is 5.91 Å². The lowest BCUT2D eigenvalue weighted by atomic mass is 9.96. The fourth-order valence-electron chi connectivity index (χ4n) is 4.28. The molecule has 4 rings (SSSR count). The third kappa shape index (κ3) is 4.73. The Kier molecular flexibility index (Phi) is 6.39. The third-order valence-corrected chi connectivity index (χ3v) is 9.20. The van der Waals surface area contributed by atoms with Crippen LogP contribution >= 0.6 is 11.3 Å². The van der Waals surface area contributed by atoms with Crippen LogP contribution in [-0.4, -0.2) is 67.0 Å². The lowest BCUT2D eigenvalue weighted by molar-refractivity contribution is -0.159. The van der Waals surface area contributed by atoms with Gasteiger partial charge in [-0.05, 0) is 45.6 Å². The number of aryl methyl sites for hydroxylation is 2. The number of nitrogens with one attached hydrogen (secondary N) is 1. The van der Waals surface area contributed by atoms with Crippen LogP contribution in [0.2, 0.25) is 0 Å². The smallest absolute Gasteiger partial charge is 0.309 e. The molecule has 2 aromatic heterocycles. The minimum atomic E-state index is -3.09. The standard InChI is InChI=1S/C21H28N4O5S2/c1-12-14(3)31-20-17(12)18(22-11-23-20)25-7-4-15(5-8-25)21(27)30-13(2)19(26)24-16-6-9-32(28,29)10-16/h11,13,15-16H,4-10H2,1-3H3,(H,24,26)/t13-,16+/m0/s1. The van der Waals surface area contributed by atoms with E-state index < -0.39 is 27.9 Å². The zero-order valence-corrected chi connectivity index (χ0v) is 20.1. The number of rotatable bonds is 5. The number of amides is 1. The molecule has 2 saturated heterocycles. The Bertz CT molecular complexity index is 1140. The summed E-state index contributed by atoms with van der Waals surface area (Å²) in [6, 6.07) is -0.411. The highest BCUT2D eigenvalue weighted by Crippen LogP contribution is 2.35. The van der Waals surface area contributed by atoms with Crippen molar-refractivity contribution in [2.45, 2.75) is 52.2 Å². The first kappa shape index (κ1) is 22.9. The van der Waals surface area contributed by atoms with E-state index in [0.717, 1.165) is 16.0 Å². The van der Waals surface area contributed by atoms with Crippen molar-refractivity contribution in [2.24, 2.45) is 5.92 Å². The highest BCUT2D eigenvalue weighted by Gasteiger charge is 2.33. The zero-order valence-electron chi connectivity index (χ0n) is 18.5. The van der Waals surface area contributed by atoms with Crippen LogP contribution in [0.4, 0.5) is 5.82 Å². The van der Waals surface area contributed by atoms with E-state index in [2.05, 4.69) is 34.0 Å². The average molecular weight is 481 g/mol. The van der Waals surface area contributed by atoms with Gasteiger partial charge in [-0.3, -0.25) is 9.59 Å². The van der Waals surface area contributed by atoms with Gasteiger partial charge in [0.1, 0.15) is 17.0 Å². The topological polar surface area (TPSA) is 119 Å². The molecule has 2 aromatic rings. The second kappa shape index (κ2) is 8.93. The molecule has 0 radical (unpaired) electrons. The number of carbonyl (C=O) groups is 2. The van der Waals surface area contributed by atoms with Crippen molar-refractivity contribution in [3.8, 4) is 0 Å². The maximum atomic E-state index is 12.6. The average Bonchev–Trinajstić information content (AvgIpc) is 3.25. The van der Waals surface area contributed by atoms with E-state index in [-0.39, 0.29) is 23.4 Å². The molecule has 11 heteroatoms. The largest absolute Gasteiger partial charge is 0.452 e. The molecule has 174 valence electrons. The number of aromatic nitrogens is 2. The third-order valence-electron chi connectivity index (χ3n) is 6.31. The van der Waals surface area contributed by atoms with Crippen LogP contribution in [0.3, 0.4) is 0 Å². The molecule has 0 spiro atoms. The molecule has 0 aliphatic carbocycles. The lowest BCUT2D eigenvalue weighted by Crippen LogP contribution is -2.44. The quantitative estimate of drug-likeness (QED) is 0.643. The molecular formula is C21H28N4O5S2. The molecule has 2 atom stereocenters. The van der Waals surface area contributed by atoms with Crippen molar-refractivity contribution < 1.29 is 22.7 Å². The molecule has 9 nitrogen and oxygen atoms in total. The molecule has 2 aliphatic rings. The summed E-state index contributed by atoms with van der Waals surface area (Å²) in [4.78, 5) is 38.2. The number of fused-ring (bicyclic) bond motifs is 1. The van der Waals surface area contributed by atoms with Crippen LogP contribution in [0.1, 0.15) is 36.6 Å². The zero-order chi connectivity index (χ0) is 23.0. The summed E-state index contributed by atoms with van der Waals surface area (Å²) < 4.78 is 28.5. The molecular weight excluding hydrogens is 452 g/mol. The highest BCUT2D eigenvalue weighted by molar-refractivity contribution is 7.91. The summed E-state index contributed by atoms with van der Waals surface area (Å²) >= 11 is 1.66. The fraction of sp³-hybridized carbons (Fsp3) is 0.619. The SMILES string of the molecule is Cc1sc2ncnc(N3CCC(C(=O)O[C@@H](C)C(=O)N[C@@H]4CCS(=O)(=O)C4)CC3)c2c1C. The Morgan fingerprint density at radius 3 is 2.59 bits per heavy atom. The fourth-order valence-corrected chi connectivity index (χ4v) is 6.95. The normalized spacial score (nSPS) is 22.1. The number of hydrogen-bond donors (Lipinski definition) is 1. The van der Waals surface area contributed by atoms with Crippen molar-refractivity contribution in [2.75, 3.05) is 29.5 Å². The van der Waals surface area contributed by atoms with Gasteiger partial charge in [-0.1, -0.05) is 0 Å². The van der Waals surface area contributed by atoms with Crippen LogP contribution < -0.4 is 10.2 Å². The van der Waals surface area contributed by atoms with Crippen molar-refractivity contribution in [1.82, 2.24) is 15.3 Å². The number of piperidine rings is 1. The van der Waals surface area contributed by atoms with Crippen molar-refractivity contribution in [1.29, 1.82) is 0 Å². The van der Waals surface area contributed by atoms with Gasteiger partial charge in [0.05, 0.1) is 22.8 Å².